The van der Waals surface area contributed by atoms with Crippen molar-refractivity contribution in [3.05, 3.63) is 0 Å². The molecular formula is C33H50O7. The number of rotatable bonds is 3. The number of fused-ring (bicyclic) bond motifs is 2. The van der Waals surface area contributed by atoms with Crippen LogP contribution in [0.3, 0.4) is 0 Å². The number of esters is 2. The topological polar surface area (TPSA) is 102 Å². The minimum atomic E-state index is -0.714. The maximum Gasteiger partial charge on any atom is 0.303 e. The van der Waals surface area contributed by atoms with Crippen LogP contribution in [-0.4, -0.2) is 57.8 Å². The monoisotopic (exact) mass is 558 g/mol. The SMILES string of the molecule is CC(=O)O[C@H]1C[C@@]2(C)[C@@H]3C[C@H](O)[C@H]4C(C)(C)[C@@H](O)CC[C@@]45C[C@@]35CC[C@@]23C[C@@]2(CC[C@@H](C(C)(C)OC(C)=O)O2)[C@@H]13. The van der Waals surface area contributed by atoms with Crippen molar-refractivity contribution in [3.8, 4) is 0 Å². The maximum absolute atomic E-state index is 12.4. The van der Waals surface area contributed by atoms with Crippen LogP contribution >= 0.6 is 0 Å². The first-order valence-electron chi connectivity index (χ1n) is 15.9. The van der Waals surface area contributed by atoms with E-state index in [0.29, 0.717) is 5.92 Å². The lowest BCUT2D eigenvalue weighted by Gasteiger charge is -2.70. The fourth-order valence-electron chi connectivity index (χ4n) is 13.4. The molecule has 6 aliphatic carbocycles. The number of ether oxygens (including phenoxy) is 3. The predicted molar refractivity (Wildman–Crippen MR) is 147 cm³/mol. The highest BCUT2D eigenvalue weighted by Gasteiger charge is 2.88. The van der Waals surface area contributed by atoms with Gasteiger partial charge in [-0.05, 0) is 117 Å². The second-order valence-electron chi connectivity index (χ2n) is 16.7. The number of carbonyl (C=O) groups excluding carboxylic acids is 2. The summed E-state index contributed by atoms with van der Waals surface area (Å²) in [6, 6.07) is 0. The Balaban J connectivity index is 1.24. The molecule has 4 spiro atoms. The molecule has 224 valence electrons. The minimum Gasteiger partial charge on any atom is -0.462 e. The number of aliphatic hydroxyl groups is 2. The molecule has 7 nitrogen and oxygen atoms in total. The molecular weight excluding hydrogens is 508 g/mol. The normalized spacial score (nSPS) is 55.2. The van der Waals surface area contributed by atoms with E-state index in [2.05, 4.69) is 20.8 Å². The number of carbonyl (C=O) groups is 2. The van der Waals surface area contributed by atoms with Gasteiger partial charge < -0.3 is 24.4 Å². The average Bonchev–Trinajstić information content (AvgIpc) is 3.10. The summed E-state index contributed by atoms with van der Waals surface area (Å²) < 4.78 is 18.8. The molecule has 0 aromatic carbocycles. The minimum absolute atomic E-state index is 0.0174. The van der Waals surface area contributed by atoms with Crippen LogP contribution in [0.1, 0.15) is 113 Å². The lowest BCUT2D eigenvalue weighted by Crippen LogP contribution is -2.70. The third kappa shape index (κ3) is 3.03. The third-order valence-electron chi connectivity index (χ3n) is 14.5. The van der Waals surface area contributed by atoms with Crippen LogP contribution in [0.4, 0.5) is 0 Å². The van der Waals surface area contributed by atoms with E-state index in [0.717, 1.165) is 64.2 Å². The van der Waals surface area contributed by atoms with Crippen LogP contribution in [0, 0.1) is 44.8 Å². The van der Waals surface area contributed by atoms with Gasteiger partial charge in [0, 0.05) is 19.8 Å². The molecule has 6 saturated carbocycles. The van der Waals surface area contributed by atoms with Gasteiger partial charge in [-0.25, -0.2) is 0 Å². The average molecular weight is 559 g/mol. The zero-order chi connectivity index (χ0) is 28.9. The Morgan fingerprint density at radius 3 is 2.25 bits per heavy atom. The molecule has 1 saturated heterocycles. The first-order chi connectivity index (χ1) is 18.5. The molecule has 7 fully saturated rings. The highest BCUT2D eigenvalue weighted by atomic mass is 16.6. The van der Waals surface area contributed by atoms with Gasteiger partial charge in [0.1, 0.15) is 11.7 Å². The standard InChI is InChI=1S/C33H50O7/c1-18(34)38-21-15-29(7)22-14-20(36)25-27(3,4)23(37)8-10-32(25)16-30(22,32)12-13-31(29)17-33(26(21)31)11-9-24(40-33)28(5,6)39-19(2)35/h20-26,36-37H,8-17H2,1-7H3/t20-,21-,22-,23-,24-,25-,26-,29-,30-,31-,32+,33-/m0/s1. The summed E-state index contributed by atoms with van der Waals surface area (Å²) in [5.41, 5.74) is -1.07. The van der Waals surface area contributed by atoms with E-state index in [1.54, 1.807) is 0 Å². The summed E-state index contributed by atoms with van der Waals surface area (Å²) in [6.45, 7) is 13.7. The fraction of sp³-hybridized carbons (Fsp3) is 0.939. The van der Waals surface area contributed by atoms with E-state index < -0.39 is 11.7 Å². The van der Waals surface area contributed by atoms with Crippen molar-refractivity contribution < 1.29 is 34.0 Å². The van der Waals surface area contributed by atoms with Gasteiger partial charge in [0.05, 0.1) is 23.9 Å². The summed E-state index contributed by atoms with van der Waals surface area (Å²) in [6.07, 6.45) is 8.36. The number of hydrogen-bond donors (Lipinski definition) is 2. The smallest absolute Gasteiger partial charge is 0.303 e. The summed E-state index contributed by atoms with van der Waals surface area (Å²) >= 11 is 0. The van der Waals surface area contributed by atoms with Gasteiger partial charge in [-0.3, -0.25) is 9.59 Å². The van der Waals surface area contributed by atoms with E-state index in [9.17, 15) is 19.8 Å². The molecule has 1 aliphatic heterocycles. The van der Waals surface area contributed by atoms with Gasteiger partial charge in [-0.2, -0.15) is 0 Å². The highest BCUT2D eigenvalue weighted by Crippen LogP contribution is 2.91. The predicted octanol–water partition coefficient (Wildman–Crippen LogP) is 4.94. The zero-order valence-electron chi connectivity index (χ0n) is 25.5. The van der Waals surface area contributed by atoms with Gasteiger partial charge in [-0.1, -0.05) is 20.8 Å². The molecule has 40 heavy (non-hydrogen) atoms. The van der Waals surface area contributed by atoms with Crippen molar-refractivity contribution in [3.63, 3.8) is 0 Å². The first-order valence-corrected chi connectivity index (χ1v) is 15.9. The second kappa shape index (κ2) is 7.85. The quantitative estimate of drug-likeness (QED) is 0.473. The Labute approximate surface area is 239 Å². The van der Waals surface area contributed by atoms with E-state index in [4.69, 9.17) is 14.2 Å². The van der Waals surface area contributed by atoms with Crippen LogP contribution in [0.5, 0.6) is 0 Å². The van der Waals surface area contributed by atoms with E-state index >= 15 is 0 Å². The largest absolute Gasteiger partial charge is 0.462 e. The second-order valence-corrected chi connectivity index (χ2v) is 16.7. The van der Waals surface area contributed by atoms with Crippen molar-refractivity contribution >= 4 is 11.9 Å². The molecule has 0 amide bonds. The molecule has 1 heterocycles. The number of hydrogen-bond acceptors (Lipinski definition) is 7. The fourth-order valence-corrected chi connectivity index (χ4v) is 13.4. The van der Waals surface area contributed by atoms with Gasteiger partial charge in [0.15, 0.2) is 0 Å². The summed E-state index contributed by atoms with van der Waals surface area (Å²) in [4.78, 5) is 24.3. The molecule has 0 aromatic rings. The lowest BCUT2D eigenvalue weighted by molar-refractivity contribution is -0.292. The van der Waals surface area contributed by atoms with Gasteiger partial charge in [-0.15, -0.1) is 0 Å². The maximum atomic E-state index is 12.4. The van der Waals surface area contributed by atoms with Crippen LogP contribution in [0.2, 0.25) is 0 Å². The lowest BCUT2D eigenvalue weighted by atomic mass is 9.35. The Hall–Kier alpha value is -1.18. The Morgan fingerprint density at radius 1 is 0.875 bits per heavy atom. The Morgan fingerprint density at radius 2 is 1.57 bits per heavy atom. The zero-order valence-corrected chi connectivity index (χ0v) is 25.5. The highest BCUT2D eigenvalue weighted by molar-refractivity contribution is 5.67. The van der Waals surface area contributed by atoms with Gasteiger partial charge in [0.25, 0.3) is 0 Å². The van der Waals surface area contributed by atoms with E-state index in [1.165, 1.54) is 13.8 Å². The molecule has 7 heteroatoms. The van der Waals surface area contributed by atoms with Crippen molar-refractivity contribution in [2.24, 2.45) is 44.8 Å². The molecule has 7 aliphatic rings. The Kier molecular flexibility index (Phi) is 5.42. The van der Waals surface area contributed by atoms with Crippen LogP contribution in [0.25, 0.3) is 0 Å². The third-order valence-corrected chi connectivity index (χ3v) is 14.5. The van der Waals surface area contributed by atoms with Crippen molar-refractivity contribution in [1.82, 2.24) is 0 Å². The molecule has 0 bridgehead atoms. The van der Waals surface area contributed by atoms with Crippen LogP contribution < -0.4 is 0 Å². The summed E-state index contributed by atoms with van der Waals surface area (Å²) in [7, 11) is 0. The summed E-state index contributed by atoms with van der Waals surface area (Å²) in [5, 5.41) is 22.8. The van der Waals surface area contributed by atoms with Gasteiger partial charge in [0.2, 0.25) is 0 Å². The van der Waals surface area contributed by atoms with Crippen LogP contribution in [-0.2, 0) is 23.8 Å². The van der Waals surface area contributed by atoms with Gasteiger partial charge >= 0.3 is 11.9 Å². The molecule has 0 unspecified atom stereocenters. The molecule has 12 atom stereocenters. The number of aliphatic hydroxyl groups excluding tert-OH is 2. The first kappa shape index (κ1) is 27.6. The molecule has 0 aromatic heterocycles. The van der Waals surface area contributed by atoms with Crippen molar-refractivity contribution in [2.75, 3.05) is 0 Å². The van der Waals surface area contributed by atoms with Crippen molar-refractivity contribution in [2.45, 2.75) is 148 Å². The summed E-state index contributed by atoms with van der Waals surface area (Å²) in [5.74, 6) is 0.104. The van der Waals surface area contributed by atoms with Crippen molar-refractivity contribution in [1.29, 1.82) is 0 Å². The molecule has 7 rings (SSSR count). The Bertz CT molecular complexity index is 1150. The molecule has 2 N–H and O–H groups in total. The van der Waals surface area contributed by atoms with E-state index in [1.807, 2.05) is 13.8 Å². The molecule has 0 radical (unpaired) electrons. The van der Waals surface area contributed by atoms with Crippen LogP contribution in [0.15, 0.2) is 0 Å². The van der Waals surface area contributed by atoms with E-state index in [-0.39, 0.29) is 74.8 Å².